The fourth-order valence-corrected chi connectivity index (χ4v) is 9.93. The number of rotatable bonds is 19. The molecule has 0 aliphatic carbocycles. The number of hydrogen-bond acceptors (Lipinski definition) is 16. The third-order valence-corrected chi connectivity index (χ3v) is 13.9. The highest BCUT2D eigenvalue weighted by atomic mass is 33.1. The van der Waals surface area contributed by atoms with Crippen molar-refractivity contribution in [1.29, 1.82) is 0 Å². The summed E-state index contributed by atoms with van der Waals surface area (Å²) in [4.78, 5) is 162. The van der Waals surface area contributed by atoms with Gasteiger partial charge >= 0.3 is 0 Å². The Morgan fingerprint density at radius 2 is 1.32 bits per heavy atom. The average Bonchev–Trinajstić information content (AvgIpc) is 3.90. The van der Waals surface area contributed by atoms with Crippen LogP contribution in [0.25, 0.3) is 0 Å². The Morgan fingerprint density at radius 3 is 1.91 bits per heavy atom. The molecule has 31 heteroatoms. The highest BCUT2D eigenvalue weighted by Crippen LogP contribution is 2.26. The predicted octanol–water partition coefficient (Wildman–Crippen LogP) is -5.08. The zero-order valence-corrected chi connectivity index (χ0v) is 44.9. The van der Waals surface area contributed by atoms with E-state index in [1.165, 1.54) is 17.0 Å². The topological polar surface area (TPSA) is 507 Å². The molecule has 0 radical (unpaired) electrons. The molecule has 29 nitrogen and oxygen atoms in total. The number of amides is 11. The third kappa shape index (κ3) is 25.2. The molecule has 2 aliphatic rings. The number of aliphatic carboxylic acids is 1. The number of nitrogens with two attached hydrogens (primary N) is 5. The molecule has 0 bridgehead atoms. The number of phenolic OH excluding ortho intramolecular Hbond substituents is 1. The highest BCUT2D eigenvalue weighted by molar-refractivity contribution is 8.76. The summed E-state index contributed by atoms with van der Waals surface area (Å²) in [6.45, 7) is 0.682. The smallest absolute Gasteiger partial charge is 0.300 e. The molecule has 0 aromatic heterocycles. The number of aliphatic imine (C=N–C) groups is 1. The van der Waals surface area contributed by atoms with Crippen LogP contribution in [0, 0.1) is 0 Å². The van der Waals surface area contributed by atoms with Crippen LogP contribution in [0.1, 0.15) is 69.4 Å². The lowest BCUT2D eigenvalue weighted by Crippen LogP contribution is -2.61. The van der Waals surface area contributed by atoms with Crippen molar-refractivity contribution in [3.8, 4) is 5.75 Å². The largest absolute Gasteiger partial charge is 0.508 e. The van der Waals surface area contributed by atoms with Crippen LogP contribution in [0.15, 0.2) is 59.6 Å². The molecule has 2 heterocycles. The average molecular weight is 1150 g/mol. The molecule has 79 heavy (non-hydrogen) atoms. The van der Waals surface area contributed by atoms with E-state index in [2.05, 4.69) is 42.2 Å². The van der Waals surface area contributed by atoms with Crippen molar-refractivity contribution >= 4 is 98.5 Å². The number of nitrogens with zero attached hydrogens (tertiary/aromatic N) is 2. The van der Waals surface area contributed by atoms with E-state index in [0.717, 1.165) is 28.5 Å². The van der Waals surface area contributed by atoms with Crippen LogP contribution in [0.4, 0.5) is 0 Å². The number of likely N-dealkylation sites (tertiary alicyclic amines) is 1. The fraction of sp³-hybridized carbons (Fsp3) is 0.479. The first-order valence-corrected chi connectivity index (χ1v) is 27.0. The molecule has 2 aromatic rings. The summed E-state index contributed by atoms with van der Waals surface area (Å²) in [6, 6.07) is 4.52. The van der Waals surface area contributed by atoms with Crippen molar-refractivity contribution in [2.24, 2.45) is 33.7 Å². The van der Waals surface area contributed by atoms with Crippen LogP contribution < -0.4 is 65.9 Å². The van der Waals surface area contributed by atoms with Gasteiger partial charge in [-0.25, -0.2) is 0 Å². The predicted molar refractivity (Wildman–Crippen MR) is 289 cm³/mol. The number of benzene rings is 2. The number of aromatic hydroxyl groups is 1. The van der Waals surface area contributed by atoms with Gasteiger partial charge in [0.2, 0.25) is 65.0 Å². The van der Waals surface area contributed by atoms with Gasteiger partial charge in [-0.1, -0.05) is 64.1 Å². The molecule has 2 aromatic carbocycles. The van der Waals surface area contributed by atoms with Gasteiger partial charge in [-0.05, 0) is 55.4 Å². The van der Waals surface area contributed by atoms with Gasteiger partial charge in [-0.3, -0.25) is 62.5 Å². The maximum absolute atomic E-state index is 14.6. The maximum atomic E-state index is 14.6. The minimum absolute atomic E-state index is 0. The number of carbonyl (C=O) groups excluding carboxylic acids is 11. The number of primary amides is 3. The minimum atomic E-state index is -1.77. The summed E-state index contributed by atoms with van der Waals surface area (Å²) < 4.78 is 0. The number of carboxylic acids is 1. The second kappa shape index (κ2) is 34.6. The zero-order valence-electron chi connectivity index (χ0n) is 43.2. The normalized spacial score (nSPS) is 20.7. The first-order valence-electron chi connectivity index (χ1n) is 24.5. The summed E-state index contributed by atoms with van der Waals surface area (Å²) >= 11 is 0. The Morgan fingerprint density at radius 1 is 0.747 bits per heavy atom. The van der Waals surface area contributed by atoms with Crippen molar-refractivity contribution < 1.29 is 73.2 Å². The van der Waals surface area contributed by atoms with Gasteiger partial charge in [-0.15, -0.1) is 0 Å². The number of hydrogen-bond donors (Lipinski definition) is 14. The number of phenols is 1. The van der Waals surface area contributed by atoms with Crippen LogP contribution in [-0.2, 0) is 70.4 Å². The highest BCUT2D eigenvalue weighted by Gasteiger charge is 2.40. The molecule has 0 spiro atoms. The monoisotopic (exact) mass is 1150 g/mol. The van der Waals surface area contributed by atoms with Gasteiger partial charge in [0.1, 0.15) is 48.0 Å². The number of carboxylic acid groups (broad SMARTS) is 1. The Hall–Kier alpha value is -8.19. The molecular weight excluding hydrogens is 1080 g/mol. The van der Waals surface area contributed by atoms with Crippen molar-refractivity contribution in [1.82, 2.24) is 42.1 Å². The summed E-state index contributed by atoms with van der Waals surface area (Å²) in [7, 11) is 2.19. The van der Waals surface area contributed by atoms with E-state index in [1.54, 1.807) is 42.5 Å². The van der Waals surface area contributed by atoms with Gasteiger partial charge in [-0.2, -0.15) is 0 Å². The lowest BCUT2D eigenvalue weighted by Gasteiger charge is -2.31. The minimum Gasteiger partial charge on any atom is -0.508 e. The van der Waals surface area contributed by atoms with Gasteiger partial charge in [0.15, 0.2) is 5.96 Å². The molecule has 7 atom stereocenters. The molecule has 3 unspecified atom stereocenters. The fourth-order valence-electron chi connectivity index (χ4n) is 7.78. The second-order valence-electron chi connectivity index (χ2n) is 17.9. The van der Waals surface area contributed by atoms with Gasteiger partial charge in [0, 0.05) is 57.2 Å². The van der Waals surface area contributed by atoms with E-state index >= 15 is 0 Å². The van der Waals surface area contributed by atoms with E-state index in [0.29, 0.717) is 17.5 Å². The molecule has 21 N–H and O–H groups in total. The van der Waals surface area contributed by atoms with Crippen molar-refractivity contribution in [3.63, 3.8) is 0 Å². The van der Waals surface area contributed by atoms with Crippen LogP contribution in [0.2, 0.25) is 0 Å². The van der Waals surface area contributed by atoms with Crippen LogP contribution in [0.5, 0.6) is 5.75 Å². The SMILES string of the molecule is CC(=O)O.NC(=O)CC[C@@H]1NC(=O)[C@H](Cc2ccccc2)NC(=O)C(Cc2ccc(O)cc2)NC(=O)CCSSCC(C(=O)N2CCC[C@H]2C(=O)N[C@H](CCCN=C(N)N)C(=O)NCC(N)=O)NC(=O)C(CC(N)=O)NC1=O.O. The summed E-state index contributed by atoms with van der Waals surface area (Å²) in [5.74, 6) is -10.6. The Labute approximate surface area is 461 Å². The van der Waals surface area contributed by atoms with E-state index in [-0.39, 0.29) is 80.3 Å². The Kier molecular flexibility index (Phi) is 29.3. The lowest BCUT2D eigenvalue weighted by atomic mass is 10.0. The number of nitrogens with one attached hydrogen (secondary N) is 7. The van der Waals surface area contributed by atoms with Crippen molar-refractivity contribution in [2.75, 3.05) is 31.1 Å². The van der Waals surface area contributed by atoms with E-state index in [1.807, 2.05) is 0 Å². The second-order valence-corrected chi connectivity index (χ2v) is 20.5. The first-order chi connectivity index (χ1) is 36.9. The molecule has 2 aliphatic heterocycles. The Bertz CT molecular complexity index is 2480. The molecule has 434 valence electrons. The number of carbonyl (C=O) groups is 12. The summed E-state index contributed by atoms with van der Waals surface area (Å²) in [5.41, 5.74) is 28.1. The molecule has 11 amide bonds. The van der Waals surface area contributed by atoms with Gasteiger partial charge in [0.25, 0.3) is 5.97 Å². The molecule has 2 saturated heterocycles. The van der Waals surface area contributed by atoms with Crippen molar-refractivity contribution in [3.05, 3.63) is 65.7 Å². The van der Waals surface area contributed by atoms with Crippen LogP contribution in [0.3, 0.4) is 0 Å². The van der Waals surface area contributed by atoms with Crippen LogP contribution in [-0.4, -0.2) is 171 Å². The maximum Gasteiger partial charge on any atom is 0.300 e. The first kappa shape index (κ1) is 66.9. The molecular formula is C48H70N14O15S2. The van der Waals surface area contributed by atoms with E-state index in [9.17, 15) is 57.8 Å². The molecule has 2 fully saturated rings. The Balaban J connectivity index is 0.00000412. The van der Waals surface area contributed by atoms with E-state index in [4.69, 9.17) is 38.6 Å². The van der Waals surface area contributed by atoms with Crippen molar-refractivity contribution in [2.45, 2.75) is 113 Å². The quantitative estimate of drug-likeness (QED) is 0.0271. The third-order valence-electron chi connectivity index (χ3n) is 11.5. The van der Waals surface area contributed by atoms with Gasteiger partial charge < -0.3 is 86.5 Å². The van der Waals surface area contributed by atoms with Crippen LogP contribution >= 0.6 is 21.6 Å². The van der Waals surface area contributed by atoms with E-state index < -0.39 is 139 Å². The summed E-state index contributed by atoms with van der Waals surface area (Å²) in [6.07, 6.45) is -1.34. The molecule has 0 saturated carbocycles. The van der Waals surface area contributed by atoms with Gasteiger partial charge in [0.05, 0.1) is 13.0 Å². The zero-order chi connectivity index (χ0) is 57.9. The summed E-state index contributed by atoms with van der Waals surface area (Å²) in [5, 5.41) is 35.2. The standard InChI is InChI=1S/C46H64N14O12S2.C2H4O2.H2O/c47-35(62)15-14-29-40(67)58-32(22-36(48)63)43(70)59-33(45(72)60-18-5-9-34(60)44(71)56-28(8-4-17-52-46(50)51)39(66)53-23-37(49)64)24-74-73-19-16-38(65)54-30(21-26-10-12-27(61)13-11-26)41(68)57-31(42(69)55-29)20-25-6-2-1-3-7-25;1-2(3)4;/h1-3,6-7,10-13,28-34,61H,4-5,8-9,14-24H2,(H2,47,62)(H2,48,63)(H2,49,64)(H,53,66)(H,54,65)(H,55,69)(H,56,71)(H,57,68)(H,58,67)(H,59,70)(H4,50,51,52);1H3,(H,3,4);1H2/t28-,29+,30?,31+,32?,33?,34+;;/m1../s1. The number of guanidine groups is 1. The lowest BCUT2D eigenvalue weighted by molar-refractivity contribution is -0.142. The molecule has 4 rings (SSSR count).